The van der Waals surface area contributed by atoms with Crippen molar-refractivity contribution >= 4 is 11.5 Å². The minimum Gasteiger partial charge on any atom is -0.395 e. The number of aromatic nitrogens is 1. The number of hydrazine groups is 1. The van der Waals surface area contributed by atoms with Gasteiger partial charge in [0, 0.05) is 6.20 Å². The van der Waals surface area contributed by atoms with Crippen LogP contribution in [0.15, 0.2) is 12.3 Å². The van der Waals surface area contributed by atoms with Crippen LogP contribution in [0, 0.1) is 0 Å². The molecular formula is C8H14N4. The number of nitrogens with one attached hydrogen (secondary N) is 1. The fourth-order valence-corrected chi connectivity index (χ4v) is 1.11. The molecule has 0 radical (unpaired) electrons. The number of anilines is 2. The molecular weight excluding hydrogens is 152 g/mol. The Hall–Kier alpha value is -1.29. The molecule has 4 nitrogen and oxygen atoms in total. The van der Waals surface area contributed by atoms with Gasteiger partial charge in [0.05, 0.1) is 5.69 Å². The maximum atomic E-state index is 5.79. The van der Waals surface area contributed by atoms with Crippen molar-refractivity contribution in [3.05, 3.63) is 17.8 Å². The highest BCUT2D eigenvalue weighted by molar-refractivity contribution is 5.65. The molecule has 0 saturated carbocycles. The Bertz CT molecular complexity index is 270. The van der Waals surface area contributed by atoms with Crippen molar-refractivity contribution < 1.29 is 0 Å². The van der Waals surface area contributed by atoms with Gasteiger partial charge in [-0.1, -0.05) is 13.8 Å². The summed E-state index contributed by atoms with van der Waals surface area (Å²) in [4.78, 5) is 3.98. The molecule has 0 spiro atoms. The van der Waals surface area contributed by atoms with Crippen LogP contribution in [0.25, 0.3) is 0 Å². The SMILES string of the molecule is CC(C)c1ccnc(NN)c1N. The molecule has 0 aliphatic carbocycles. The van der Waals surface area contributed by atoms with E-state index in [1.165, 1.54) is 0 Å². The van der Waals surface area contributed by atoms with Crippen LogP contribution < -0.4 is 17.0 Å². The van der Waals surface area contributed by atoms with Gasteiger partial charge in [-0.15, -0.1) is 0 Å². The monoisotopic (exact) mass is 166 g/mol. The third kappa shape index (κ3) is 1.48. The van der Waals surface area contributed by atoms with Crippen LogP contribution in [-0.4, -0.2) is 4.98 Å². The number of nitrogen functional groups attached to an aromatic ring is 2. The molecule has 0 bridgehead atoms. The maximum Gasteiger partial charge on any atom is 0.163 e. The third-order valence-corrected chi connectivity index (χ3v) is 1.78. The third-order valence-electron chi connectivity index (χ3n) is 1.78. The number of rotatable bonds is 2. The molecule has 12 heavy (non-hydrogen) atoms. The summed E-state index contributed by atoms with van der Waals surface area (Å²) in [6.45, 7) is 4.15. The molecule has 1 heterocycles. The lowest BCUT2D eigenvalue weighted by molar-refractivity contribution is 0.866. The second kappa shape index (κ2) is 3.40. The van der Waals surface area contributed by atoms with E-state index in [0.29, 0.717) is 17.4 Å². The lowest BCUT2D eigenvalue weighted by Crippen LogP contribution is -2.12. The molecule has 0 unspecified atom stereocenters. The minimum absolute atomic E-state index is 0.389. The van der Waals surface area contributed by atoms with E-state index in [2.05, 4.69) is 24.3 Å². The van der Waals surface area contributed by atoms with Crippen molar-refractivity contribution in [2.24, 2.45) is 5.84 Å². The maximum absolute atomic E-state index is 5.79. The van der Waals surface area contributed by atoms with Crippen LogP contribution in [0.5, 0.6) is 0 Å². The number of nitrogens with two attached hydrogens (primary N) is 2. The van der Waals surface area contributed by atoms with E-state index < -0.39 is 0 Å². The summed E-state index contributed by atoms with van der Waals surface area (Å²) >= 11 is 0. The topological polar surface area (TPSA) is 77.0 Å². The largest absolute Gasteiger partial charge is 0.395 e. The number of hydrogen-bond acceptors (Lipinski definition) is 4. The average Bonchev–Trinajstić information content (AvgIpc) is 2.04. The van der Waals surface area contributed by atoms with Gasteiger partial charge >= 0.3 is 0 Å². The smallest absolute Gasteiger partial charge is 0.163 e. The number of hydrogen-bond donors (Lipinski definition) is 3. The predicted octanol–water partition coefficient (Wildman–Crippen LogP) is 1.07. The molecule has 5 N–H and O–H groups in total. The van der Waals surface area contributed by atoms with E-state index in [4.69, 9.17) is 11.6 Å². The Balaban J connectivity index is 3.14. The van der Waals surface area contributed by atoms with Crippen LogP contribution >= 0.6 is 0 Å². The van der Waals surface area contributed by atoms with Crippen LogP contribution in [0.4, 0.5) is 11.5 Å². The molecule has 1 rings (SSSR count). The van der Waals surface area contributed by atoms with Gasteiger partial charge in [-0.2, -0.15) is 0 Å². The Morgan fingerprint density at radius 1 is 1.50 bits per heavy atom. The van der Waals surface area contributed by atoms with E-state index in [1.54, 1.807) is 6.20 Å². The molecule has 0 saturated heterocycles. The van der Waals surface area contributed by atoms with Gasteiger partial charge in [0.25, 0.3) is 0 Å². The Morgan fingerprint density at radius 2 is 2.17 bits per heavy atom. The summed E-state index contributed by atoms with van der Waals surface area (Å²) in [6, 6.07) is 1.90. The second-order valence-corrected chi connectivity index (χ2v) is 2.96. The summed E-state index contributed by atoms with van der Waals surface area (Å²) in [6.07, 6.45) is 1.70. The van der Waals surface area contributed by atoms with E-state index >= 15 is 0 Å². The first-order valence-electron chi connectivity index (χ1n) is 3.87. The Morgan fingerprint density at radius 3 is 2.67 bits per heavy atom. The normalized spacial score (nSPS) is 10.3. The van der Waals surface area contributed by atoms with Crippen LogP contribution in [0.3, 0.4) is 0 Å². The fourth-order valence-electron chi connectivity index (χ4n) is 1.11. The molecule has 66 valence electrons. The summed E-state index contributed by atoms with van der Waals surface area (Å²) < 4.78 is 0. The second-order valence-electron chi connectivity index (χ2n) is 2.96. The lowest BCUT2D eigenvalue weighted by atomic mass is 10.0. The first kappa shape index (κ1) is 8.80. The molecule has 4 heteroatoms. The van der Waals surface area contributed by atoms with Crippen molar-refractivity contribution in [2.75, 3.05) is 11.2 Å². The lowest BCUT2D eigenvalue weighted by Gasteiger charge is -2.11. The van der Waals surface area contributed by atoms with Gasteiger partial charge in [0.15, 0.2) is 5.82 Å². The quantitative estimate of drug-likeness (QED) is 0.453. The molecule has 0 fully saturated rings. The van der Waals surface area contributed by atoms with Crippen molar-refractivity contribution in [3.63, 3.8) is 0 Å². The van der Waals surface area contributed by atoms with Gasteiger partial charge < -0.3 is 11.2 Å². The summed E-state index contributed by atoms with van der Waals surface area (Å²) in [5.74, 6) is 6.16. The first-order chi connectivity index (χ1) is 5.66. The predicted molar refractivity (Wildman–Crippen MR) is 50.5 cm³/mol. The Kier molecular flexibility index (Phi) is 2.50. The molecule has 0 aliphatic heterocycles. The molecule has 0 amide bonds. The molecule has 1 aromatic heterocycles. The molecule has 0 atom stereocenters. The summed E-state index contributed by atoms with van der Waals surface area (Å²) in [7, 11) is 0. The highest BCUT2D eigenvalue weighted by Gasteiger charge is 2.07. The van der Waals surface area contributed by atoms with E-state index in [-0.39, 0.29) is 0 Å². The van der Waals surface area contributed by atoms with Crippen molar-refractivity contribution in [3.8, 4) is 0 Å². The average molecular weight is 166 g/mol. The van der Waals surface area contributed by atoms with E-state index in [0.717, 1.165) is 5.56 Å². The zero-order chi connectivity index (χ0) is 9.14. The molecule has 0 aliphatic rings. The van der Waals surface area contributed by atoms with Gasteiger partial charge in [0.2, 0.25) is 0 Å². The van der Waals surface area contributed by atoms with E-state index in [9.17, 15) is 0 Å². The minimum atomic E-state index is 0.389. The van der Waals surface area contributed by atoms with Gasteiger partial charge in [-0.25, -0.2) is 10.8 Å². The summed E-state index contributed by atoms with van der Waals surface area (Å²) in [5.41, 5.74) is 9.95. The van der Waals surface area contributed by atoms with Crippen molar-refractivity contribution in [1.82, 2.24) is 4.98 Å². The highest BCUT2D eigenvalue weighted by Crippen LogP contribution is 2.25. The van der Waals surface area contributed by atoms with Crippen LogP contribution in [0.1, 0.15) is 25.3 Å². The fraction of sp³-hybridized carbons (Fsp3) is 0.375. The Labute approximate surface area is 71.9 Å². The zero-order valence-electron chi connectivity index (χ0n) is 7.33. The number of nitrogens with zero attached hydrogens (tertiary/aromatic N) is 1. The first-order valence-corrected chi connectivity index (χ1v) is 3.87. The molecule has 1 aromatic rings. The van der Waals surface area contributed by atoms with Crippen LogP contribution in [-0.2, 0) is 0 Å². The number of pyridine rings is 1. The highest BCUT2D eigenvalue weighted by atomic mass is 15.3. The van der Waals surface area contributed by atoms with Crippen LogP contribution in [0.2, 0.25) is 0 Å². The van der Waals surface area contributed by atoms with Gasteiger partial charge in [-0.05, 0) is 17.5 Å². The standard InChI is InChI=1S/C8H14N4/c1-5(2)6-3-4-11-8(12-10)7(6)9/h3-5H,9-10H2,1-2H3,(H,11,12). The van der Waals surface area contributed by atoms with Crippen molar-refractivity contribution in [1.29, 1.82) is 0 Å². The van der Waals surface area contributed by atoms with Crippen molar-refractivity contribution in [2.45, 2.75) is 19.8 Å². The van der Waals surface area contributed by atoms with E-state index in [1.807, 2.05) is 6.07 Å². The summed E-state index contributed by atoms with van der Waals surface area (Å²) in [5, 5.41) is 0. The van der Waals surface area contributed by atoms with Gasteiger partial charge in [0.1, 0.15) is 0 Å². The van der Waals surface area contributed by atoms with Gasteiger partial charge in [-0.3, -0.25) is 0 Å². The molecule has 0 aromatic carbocycles. The zero-order valence-corrected chi connectivity index (χ0v) is 7.33.